The molecule has 0 amide bonds. The summed E-state index contributed by atoms with van der Waals surface area (Å²) in [5.41, 5.74) is 1.03. The van der Waals surface area contributed by atoms with Gasteiger partial charge in [-0.3, -0.25) is 0 Å². The van der Waals surface area contributed by atoms with Crippen LogP contribution in [0, 0.1) is 0 Å². The summed E-state index contributed by atoms with van der Waals surface area (Å²) >= 11 is 3.38. The van der Waals surface area contributed by atoms with Gasteiger partial charge in [0, 0.05) is 24.1 Å². The average molecular weight is 377 g/mol. The lowest BCUT2D eigenvalue weighted by Crippen LogP contribution is -2.48. The van der Waals surface area contributed by atoms with Gasteiger partial charge in [0.05, 0.1) is 17.1 Å². The van der Waals surface area contributed by atoms with Crippen LogP contribution in [0.4, 0.5) is 0 Å². The maximum atomic E-state index is 12.8. The van der Waals surface area contributed by atoms with Gasteiger partial charge >= 0.3 is 0 Å². The Morgan fingerprint density at radius 3 is 2.48 bits per heavy atom. The zero-order chi connectivity index (χ0) is 15.6. The summed E-state index contributed by atoms with van der Waals surface area (Å²) in [7, 11) is -1.65. The summed E-state index contributed by atoms with van der Waals surface area (Å²) in [4.78, 5) is 0.309. The van der Waals surface area contributed by atoms with Gasteiger partial charge in [0.2, 0.25) is 10.0 Å². The van der Waals surface area contributed by atoms with Crippen LogP contribution in [0.2, 0.25) is 0 Å². The number of benzene rings is 1. The highest BCUT2D eigenvalue weighted by molar-refractivity contribution is 9.10. The number of nitrogens with zero attached hydrogens (tertiary/aromatic N) is 1. The van der Waals surface area contributed by atoms with E-state index in [0.717, 1.165) is 5.56 Å². The van der Waals surface area contributed by atoms with Crippen molar-refractivity contribution in [3.05, 3.63) is 28.2 Å². The van der Waals surface area contributed by atoms with Gasteiger partial charge in [-0.2, -0.15) is 4.31 Å². The fraction of sp³-hybridized carbons (Fsp3) is 0.571. The number of sulfonamides is 1. The van der Waals surface area contributed by atoms with Crippen LogP contribution in [0.5, 0.6) is 0 Å². The largest absolute Gasteiger partial charge is 0.373 e. The Bertz CT molecular complexity index is 596. The van der Waals surface area contributed by atoms with E-state index >= 15 is 0 Å². The Balaban J connectivity index is 2.31. The first-order valence-corrected chi connectivity index (χ1v) is 9.16. The molecule has 21 heavy (non-hydrogen) atoms. The van der Waals surface area contributed by atoms with Crippen molar-refractivity contribution < 1.29 is 13.2 Å². The zero-order valence-electron chi connectivity index (χ0n) is 12.5. The molecule has 2 rings (SSSR count). The lowest BCUT2D eigenvalue weighted by molar-refractivity contribution is -0.0440. The van der Waals surface area contributed by atoms with Gasteiger partial charge in [-0.1, -0.05) is 6.07 Å². The minimum Gasteiger partial charge on any atom is -0.373 e. The second-order valence-corrected chi connectivity index (χ2v) is 8.14. The highest BCUT2D eigenvalue weighted by Gasteiger charge is 2.33. The van der Waals surface area contributed by atoms with E-state index in [1.54, 1.807) is 6.07 Å². The molecule has 1 saturated heterocycles. The number of morpholine rings is 1. The van der Waals surface area contributed by atoms with Gasteiger partial charge in [-0.15, -0.1) is 0 Å². The smallest absolute Gasteiger partial charge is 0.244 e. The van der Waals surface area contributed by atoms with Crippen molar-refractivity contribution in [3.8, 4) is 0 Å². The van der Waals surface area contributed by atoms with Gasteiger partial charge in [-0.25, -0.2) is 8.42 Å². The lowest BCUT2D eigenvalue weighted by atomic mass is 10.2. The molecular weight excluding hydrogens is 356 g/mol. The first kappa shape index (κ1) is 16.9. The number of hydrogen-bond donors (Lipinski definition) is 1. The van der Waals surface area contributed by atoms with Gasteiger partial charge in [0.1, 0.15) is 0 Å². The number of nitrogens with one attached hydrogen (secondary N) is 1. The van der Waals surface area contributed by atoms with Crippen molar-refractivity contribution in [2.45, 2.75) is 37.5 Å². The molecule has 118 valence electrons. The third kappa shape index (κ3) is 3.84. The predicted molar refractivity (Wildman–Crippen MR) is 85.7 cm³/mol. The number of halogens is 1. The molecule has 0 saturated carbocycles. The molecule has 7 heteroatoms. The summed E-state index contributed by atoms with van der Waals surface area (Å²) in [6, 6.07) is 5.34. The molecule has 0 radical (unpaired) electrons. The number of rotatable bonds is 4. The standard InChI is InChI=1S/C14H21BrN2O3S/c1-10-8-17(9-11(2)20-10)21(18,19)14-5-4-12(7-16-3)6-13(14)15/h4-6,10-11,16H,7-9H2,1-3H3. The predicted octanol–water partition coefficient (Wildman–Crippen LogP) is 1.97. The molecule has 1 aromatic rings. The normalized spacial score (nSPS) is 24.2. The molecule has 1 heterocycles. The Kier molecular flexibility index (Phi) is 5.43. The summed E-state index contributed by atoms with van der Waals surface area (Å²) in [5, 5.41) is 3.05. The molecule has 0 spiro atoms. The average Bonchev–Trinajstić information content (AvgIpc) is 2.37. The number of hydrogen-bond acceptors (Lipinski definition) is 4. The van der Waals surface area contributed by atoms with Crippen LogP contribution in [-0.2, 0) is 21.3 Å². The third-order valence-electron chi connectivity index (χ3n) is 3.38. The van der Waals surface area contributed by atoms with Crippen molar-refractivity contribution in [2.75, 3.05) is 20.1 Å². The molecule has 0 aromatic heterocycles. The minimum atomic E-state index is -3.50. The topological polar surface area (TPSA) is 58.6 Å². The second kappa shape index (κ2) is 6.75. The zero-order valence-corrected chi connectivity index (χ0v) is 14.9. The van der Waals surface area contributed by atoms with Crippen LogP contribution in [0.15, 0.2) is 27.6 Å². The SMILES string of the molecule is CNCc1ccc(S(=O)(=O)N2CC(C)OC(C)C2)c(Br)c1. The van der Waals surface area contributed by atoms with E-state index in [2.05, 4.69) is 21.2 Å². The molecule has 5 nitrogen and oxygen atoms in total. The van der Waals surface area contributed by atoms with E-state index in [-0.39, 0.29) is 12.2 Å². The van der Waals surface area contributed by atoms with E-state index in [4.69, 9.17) is 4.74 Å². The van der Waals surface area contributed by atoms with Crippen LogP contribution in [0.25, 0.3) is 0 Å². The van der Waals surface area contributed by atoms with Gasteiger partial charge < -0.3 is 10.1 Å². The molecule has 0 aliphatic carbocycles. The highest BCUT2D eigenvalue weighted by Crippen LogP contribution is 2.28. The molecule has 2 atom stereocenters. The molecule has 0 bridgehead atoms. The molecule has 2 unspecified atom stereocenters. The van der Waals surface area contributed by atoms with Crippen molar-refractivity contribution in [2.24, 2.45) is 0 Å². The quantitative estimate of drug-likeness (QED) is 0.872. The molecule has 1 aliphatic heterocycles. The second-order valence-electron chi connectivity index (χ2n) is 5.37. The Morgan fingerprint density at radius 2 is 1.95 bits per heavy atom. The van der Waals surface area contributed by atoms with Crippen molar-refractivity contribution >= 4 is 26.0 Å². The van der Waals surface area contributed by atoms with Crippen LogP contribution in [0.3, 0.4) is 0 Å². The summed E-state index contributed by atoms with van der Waals surface area (Å²) in [5.74, 6) is 0. The maximum absolute atomic E-state index is 12.8. The van der Waals surface area contributed by atoms with E-state index in [0.29, 0.717) is 29.0 Å². The van der Waals surface area contributed by atoms with E-state index < -0.39 is 10.0 Å². The van der Waals surface area contributed by atoms with Gasteiger partial charge in [0.25, 0.3) is 0 Å². The minimum absolute atomic E-state index is 0.0918. The van der Waals surface area contributed by atoms with Crippen LogP contribution < -0.4 is 5.32 Å². The van der Waals surface area contributed by atoms with Crippen LogP contribution in [0.1, 0.15) is 19.4 Å². The first-order chi connectivity index (χ1) is 9.84. The fourth-order valence-electron chi connectivity index (χ4n) is 2.53. The maximum Gasteiger partial charge on any atom is 0.244 e. The van der Waals surface area contributed by atoms with Gasteiger partial charge in [0.15, 0.2) is 0 Å². The Morgan fingerprint density at radius 1 is 1.33 bits per heavy atom. The van der Waals surface area contributed by atoms with Crippen molar-refractivity contribution in [1.29, 1.82) is 0 Å². The molecular formula is C14H21BrN2O3S. The fourth-order valence-corrected chi connectivity index (χ4v) is 5.21. The van der Waals surface area contributed by atoms with Crippen molar-refractivity contribution in [1.82, 2.24) is 9.62 Å². The van der Waals surface area contributed by atoms with Gasteiger partial charge in [-0.05, 0) is 54.5 Å². The summed E-state index contributed by atoms with van der Waals surface area (Å²) in [6.45, 7) is 5.26. The summed E-state index contributed by atoms with van der Waals surface area (Å²) in [6.07, 6.45) is -0.184. The monoisotopic (exact) mass is 376 g/mol. The Hall–Kier alpha value is -0.470. The molecule has 1 aliphatic rings. The molecule has 1 fully saturated rings. The van der Waals surface area contributed by atoms with E-state index in [9.17, 15) is 8.42 Å². The molecule has 1 N–H and O–H groups in total. The third-order valence-corrected chi connectivity index (χ3v) is 6.19. The number of ether oxygens (including phenoxy) is 1. The molecule has 1 aromatic carbocycles. The van der Waals surface area contributed by atoms with Crippen LogP contribution >= 0.6 is 15.9 Å². The highest BCUT2D eigenvalue weighted by atomic mass is 79.9. The van der Waals surface area contributed by atoms with E-state index in [1.807, 2.05) is 33.0 Å². The lowest BCUT2D eigenvalue weighted by Gasteiger charge is -2.34. The van der Waals surface area contributed by atoms with Crippen molar-refractivity contribution in [3.63, 3.8) is 0 Å². The van der Waals surface area contributed by atoms with Crippen LogP contribution in [-0.4, -0.2) is 45.1 Å². The van der Waals surface area contributed by atoms with E-state index in [1.165, 1.54) is 4.31 Å². The Labute approximate surface area is 134 Å². The summed E-state index contributed by atoms with van der Waals surface area (Å²) < 4.78 is 33.3. The first-order valence-electron chi connectivity index (χ1n) is 6.93.